The SMILES string of the molecule is COc1cc(-c2c[nH]c3nccc(S(=O)(=O)c4ccccc4)c23)ccc1OCc1cc(-c2ccccc2)no1. The average molecular weight is 538 g/mol. The van der Waals surface area contributed by atoms with Crippen LogP contribution in [0.2, 0.25) is 0 Å². The van der Waals surface area contributed by atoms with Gasteiger partial charge in [0.1, 0.15) is 17.9 Å². The van der Waals surface area contributed by atoms with Crippen molar-refractivity contribution >= 4 is 20.9 Å². The molecule has 0 aliphatic rings. The number of hydrogen-bond acceptors (Lipinski definition) is 7. The lowest BCUT2D eigenvalue weighted by Gasteiger charge is -2.12. The van der Waals surface area contributed by atoms with Crippen molar-refractivity contribution in [1.82, 2.24) is 15.1 Å². The molecule has 0 amide bonds. The molecule has 0 unspecified atom stereocenters. The van der Waals surface area contributed by atoms with E-state index in [2.05, 4.69) is 15.1 Å². The Morgan fingerprint density at radius 3 is 2.41 bits per heavy atom. The van der Waals surface area contributed by atoms with Gasteiger partial charge in [-0.05, 0) is 35.9 Å². The third kappa shape index (κ3) is 4.64. The van der Waals surface area contributed by atoms with E-state index in [1.807, 2.05) is 42.5 Å². The number of nitrogens with one attached hydrogen (secondary N) is 1. The first-order chi connectivity index (χ1) is 19.0. The van der Waals surface area contributed by atoms with Crippen molar-refractivity contribution in [1.29, 1.82) is 0 Å². The highest BCUT2D eigenvalue weighted by molar-refractivity contribution is 7.91. The van der Waals surface area contributed by atoms with Gasteiger partial charge in [-0.1, -0.05) is 59.8 Å². The molecule has 3 aromatic heterocycles. The van der Waals surface area contributed by atoms with Crippen LogP contribution in [-0.4, -0.2) is 30.7 Å². The summed E-state index contributed by atoms with van der Waals surface area (Å²) in [6.45, 7) is 0.159. The summed E-state index contributed by atoms with van der Waals surface area (Å²) in [5.41, 5.74) is 3.58. The smallest absolute Gasteiger partial charge is 0.207 e. The zero-order valence-electron chi connectivity index (χ0n) is 20.9. The highest BCUT2D eigenvalue weighted by atomic mass is 32.2. The first-order valence-corrected chi connectivity index (χ1v) is 13.6. The van der Waals surface area contributed by atoms with Gasteiger partial charge in [-0.2, -0.15) is 0 Å². The maximum Gasteiger partial charge on any atom is 0.207 e. The van der Waals surface area contributed by atoms with E-state index in [9.17, 15) is 8.42 Å². The zero-order chi connectivity index (χ0) is 26.8. The number of fused-ring (bicyclic) bond motifs is 1. The highest BCUT2D eigenvalue weighted by Gasteiger charge is 2.24. The van der Waals surface area contributed by atoms with Gasteiger partial charge in [0.25, 0.3) is 0 Å². The largest absolute Gasteiger partial charge is 0.493 e. The number of benzene rings is 3. The predicted octanol–water partition coefficient (Wildman–Crippen LogP) is 6.31. The normalized spacial score (nSPS) is 11.5. The molecule has 9 heteroatoms. The van der Waals surface area contributed by atoms with Gasteiger partial charge in [-0.15, -0.1) is 0 Å². The number of hydrogen-bond donors (Lipinski definition) is 1. The van der Waals surface area contributed by atoms with Crippen molar-refractivity contribution in [3.05, 3.63) is 109 Å². The molecule has 0 aliphatic heterocycles. The van der Waals surface area contributed by atoms with Crippen molar-refractivity contribution < 1.29 is 22.4 Å². The molecular formula is C30H23N3O5S. The fourth-order valence-electron chi connectivity index (χ4n) is 4.43. The Morgan fingerprint density at radius 2 is 1.64 bits per heavy atom. The second-order valence-electron chi connectivity index (χ2n) is 8.75. The van der Waals surface area contributed by atoms with Crippen LogP contribution in [0.25, 0.3) is 33.4 Å². The van der Waals surface area contributed by atoms with Crippen LogP contribution in [-0.2, 0) is 16.4 Å². The summed E-state index contributed by atoms with van der Waals surface area (Å²) < 4.78 is 44.1. The van der Waals surface area contributed by atoms with Crippen LogP contribution in [0.5, 0.6) is 11.5 Å². The monoisotopic (exact) mass is 537 g/mol. The van der Waals surface area contributed by atoms with Crippen molar-refractivity contribution in [2.24, 2.45) is 0 Å². The average Bonchev–Trinajstić information content (AvgIpc) is 3.64. The van der Waals surface area contributed by atoms with Crippen LogP contribution in [0, 0.1) is 0 Å². The summed E-state index contributed by atoms with van der Waals surface area (Å²) in [6, 6.07) is 26.9. The van der Waals surface area contributed by atoms with Crippen LogP contribution in [0.3, 0.4) is 0 Å². The standard InChI is InChI=1S/C30H23N3O5S/c1-36-27-16-21(12-13-26(27)37-19-22-17-25(33-38-22)20-8-4-2-5-9-20)24-18-32-30-29(24)28(14-15-31-30)39(34,35)23-10-6-3-7-11-23/h2-18H,19H2,1H3,(H,31,32). The van der Waals surface area contributed by atoms with Crippen molar-refractivity contribution in [2.75, 3.05) is 7.11 Å². The van der Waals surface area contributed by atoms with Crippen LogP contribution in [0.15, 0.2) is 118 Å². The van der Waals surface area contributed by atoms with Crippen LogP contribution >= 0.6 is 0 Å². The third-order valence-electron chi connectivity index (χ3n) is 6.35. The van der Waals surface area contributed by atoms with Gasteiger partial charge >= 0.3 is 0 Å². The Hall–Kier alpha value is -4.89. The summed E-state index contributed by atoms with van der Waals surface area (Å²) in [6.07, 6.45) is 3.24. The molecule has 194 valence electrons. The zero-order valence-corrected chi connectivity index (χ0v) is 21.7. The Balaban J connectivity index is 1.31. The van der Waals surface area contributed by atoms with Gasteiger partial charge in [0.2, 0.25) is 9.84 Å². The Labute approximate surface area is 224 Å². The summed E-state index contributed by atoms with van der Waals surface area (Å²) in [4.78, 5) is 7.84. The molecule has 0 bridgehead atoms. The minimum Gasteiger partial charge on any atom is -0.493 e. The molecule has 1 N–H and O–H groups in total. The molecule has 39 heavy (non-hydrogen) atoms. The molecule has 8 nitrogen and oxygen atoms in total. The second kappa shape index (κ2) is 10.1. The summed E-state index contributed by atoms with van der Waals surface area (Å²) >= 11 is 0. The fourth-order valence-corrected chi connectivity index (χ4v) is 5.92. The van der Waals surface area contributed by atoms with E-state index in [0.29, 0.717) is 33.9 Å². The van der Waals surface area contributed by atoms with Crippen LogP contribution in [0.4, 0.5) is 0 Å². The lowest BCUT2D eigenvalue weighted by molar-refractivity contribution is 0.239. The molecular weight excluding hydrogens is 514 g/mol. The third-order valence-corrected chi connectivity index (χ3v) is 8.16. The van der Waals surface area contributed by atoms with Crippen molar-refractivity contribution in [2.45, 2.75) is 16.4 Å². The molecule has 0 saturated heterocycles. The summed E-state index contributed by atoms with van der Waals surface area (Å²) in [7, 11) is -2.23. The van der Waals surface area contributed by atoms with E-state index in [0.717, 1.165) is 16.8 Å². The maximum absolute atomic E-state index is 13.5. The number of ether oxygens (including phenoxy) is 2. The van der Waals surface area contributed by atoms with E-state index >= 15 is 0 Å². The maximum atomic E-state index is 13.5. The van der Waals surface area contributed by atoms with Crippen LogP contribution in [0.1, 0.15) is 5.76 Å². The molecule has 0 aliphatic carbocycles. The molecule has 0 spiro atoms. The van der Waals surface area contributed by atoms with Gasteiger partial charge in [-0.25, -0.2) is 13.4 Å². The number of rotatable bonds is 8. The quantitative estimate of drug-likeness (QED) is 0.243. The molecule has 0 saturated carbocycles. The lowest BCUT2D eigenvalue weighted by atomic mass is 10.1. The van der Waals surface area contributed by atoms with Crippen LogP contribution < -0.4 is 9.47 Å². The molecule has 3 aromatic carbocycles. The molecule has 6 aromatic rings. The fraction of sp³-hybridized carbons (Fsp3) is 0.0667. The predicted molar refractivity (Wildman–Crippen MR) is 146 cm³/mol. The lowest BCUT2D eigenvalue weighted by Crippen LogP contribution is -2.03. The second-order valence-corrected chi connectivity index (χ2v) is 10.7. The first-order valence-electron chi connectivity index (χ1n) is 12.1. The van der Waals surface area contributed by atoms with Gasteiger partial charge in [0, 0.05) is 35.0 Å². The van der Waals surface area contributed by atoms with Gasteiger partial charge in [-0.3, -0.25) is 0 Å². The highest BCUT2D eigenvalue weighted by Crippen LogP contribution is 2.39. The molecule has 6 rings (SSSR count). The van der Waals surface area contributed by atoms with E-state index in [4.69, 9.17) is 14.0 Å². The Kier molecular flexibility index (Phi) is 6.34. The Morgan fingerprint density at radius 1 is 0.872 bits per heavy atom. The first kappa shape index (κ1) is 24.4. The number of nitrogens with zero attached hydrogens (tertiary/aromatic N) is 2. The molecule has 0 radical (unpaired) electrons. The number of H-pyrrole nitrogens is 1. The van der Waals surface area contributed by atoms with Gasteiger partial charge in [0.15, 0.2) is 17.3 Å². The minimum atomic E-state index is -3.78. The number of sulfone groups is 1. The van der Waals surface area contributed by atoms with E-state index in [-0.39, 0.29) is 16.4 Å². The Bertz CT molecular complexity index is 1860. The van der Waals surface area contributed by atoms with Crippen molar-refractivity contribution in [3.8, 4) is 33.9 Å². The topological polar surface area (TPSA) is 107 Å². The van der Waals surface area contributed by atoms with Gasteiger partial charge in [0.05, 0.1) is 16.9 Å². The minimum absolute atomic E-state index is 0.159. The number of aromatic amines is 1. The number of methoxy groups -OCH3 is 1. The van der Waals surface area contributed by atoms with Gasteiger partial charge < -0.3 is 19.0 Å². The number of aromatic nitrogens is 3. The molecule has 3 heterocycles. The number of pyridine rings is 1. The van der Waals surface area contributed by atoms with E-state index in [1.165, 1.54) is 12.3 Å². The summed E-state index contributed by atoms with van der Waals surface area (Å²) in [5, 5.41) is 4.63. The van der Waals surface area contributed by atoms with E-state index < -0.39 is 9.84 Å². The van der Waals surface area contributed by atoms with Crippen molar-refractivity contribution in [3.63, 3.8) is 0 Å². The molecule has 0 fully saturated rings. The summed E-state index contributed by atoms with van der Waals surface area (Å²) in [5.74, 6) is 1.56. The van der Waals surface area contributed by atoms with E-state index in [1.54, 1.807) is 55.8 Å². The molecule has 0 atom stereocenters.